The van der Waals surface area contributed by atoms with Gasteiger partial charge < -0.3 is 72.2 Å². The van der Waals surface area contributed by atoms with E-state index < -0.39 is 115 Å². The van der Waals surface area contributed by atoms with Crippen molar-refractivity contribution in [2.75, 3.05) is 35.3 Å². The lowest BCUT2D eigenvalue weighted by Crippen LogP contribution is -2.66. The number of carbonyl (C=O) groups is 4. The van der Waals surface area contributed by atoms with Crippen molar-refractivity contribution in [1.29, 1.82) is 0 Å². The molecule has 0 amide bonds. The van der Waals surface area contributed by atoms with Crippen molar-refractivity contribution in [3.8, 4) is 0 Å². The van der Waals surface area contributed by atoms with Crippen LogP contribution in [0.25, 0.3) is 0 Å². The Hall–Kier alpha value is -2.88. The first-order valence-corrected chi connectivity index (χ1v) is 23.6. The average molecular weight is 941 g/mol. The number of hydrogen-bond acceptors (Lipinski definition) is 18. The molecule has 3 fully saturated rings. The van der Waals surface area contributed by atoms with Crippen LogP contribution in [0.5, 0.6) is 0 Å². The standard InChI is InChI=1S/C48H80N2O16/c1-14-37(53)63-36-25-38(54)58-28(3)18-16-15-17-19-35(64-39-21-20-34(49(9)10)29(4)59-39)27(2)24-33(22-23-51)44(45(36)57-13)66-47-42(55)41(50(11)12)43(30(5)61-47)65-40-26-48(8,56)46(31(6)60-40)62-32(7)52/h15-17,19,23,27-31,33-36,39-47,55-56H,14,18,20-22,24-26H2,1-13H3/b16-15+,19-17-. The lowest BCUT2D eigenvalue weighted by molar-refractivity contribution is -0.344. The minimum absolute atomic E-state index is 0.00317. The predicted octanol–water partition coefficient (Wildman–Crippen LogP) is 3.86. The van der Waals surface area contributed by atoms with Crippen LogP contribution in [0.3, 0.4) is 0 Å². The molecule has 19 unspecified atom stereocenters. The molecule has 0 bridgehead atoms. The zero-order valence-electron chi connectivity index (χ0n) is 41.4. The minimum atomic E-state index is -1.50. The van der Waals surface area contributed by atoms with Crippen molar-refractivity contribution in [3.05, 3.63) is 24.3 Å². The first kappa shape index (κ1) is 55.7. The summed E-state index contributed by atoms with van der Waals surface area (Å²) >= 11 is 0. The highest BCUT2D eigenvalue weighted by atomic mass is 16.7. The van der Waals surface area contributed by atoms with Gasteiger partial charge in [0, 0.05) is 45.8 Å². The topological polar surface area (TPSA) is 208 Å². The Kier molecular flexibility index (Phi) is 21.7. The van der Waals surface area contributed by atoms with Gasteiger partial charge in [0.25, 0.3) is 0 Å². The van der Waals surface area contributed by atoms with Crippen LogP contribution in [0.2, 0.25) is 0 Å². The molecule has 0 spiro atoms. The van der Waals surface area contributed by atoms with Gasteiger partial charge in [-0.1, -0.05) is 38.2 Å². The van der Waals surface area contributed by atoms with Gasteiger partial charge in [-0.15, -0.1) is 0 Å². The molecule has 0 aliphatic carbocycles. The quantitative estimate of drug-likeness (QED) is 0.144. The smallest absolute Gasteiger partial charge is 0.309 e. The largest absolute Gasteiger partial charge is 0.462 e. The molecule has 378 valence electrons. The van der Waals surface area contributed by atoms with Crippen molar-refractivity contribution in [1.82, 2.24) is 9.80 Å². The number of rotatable bonds is 14. The van der Waals surface area contributed by atoms with E-state index in [2.05, 4.69) is 4.90 Å². The SMILES string of the molecule is CCC(=O)OC1CC(=O)OC(C)C/C=C/C=C\C(OC2CCC(N(C)C)C(C)O2)C(C)CC(CC=O)C(OC2OC(C)C(OC3CC(C)(O)C(OC(C)=O)C(C)O3)C(N(C)C)C2O)C1OC. The molecule has 66 heavy (non-hydrogen) atoms. The first-order valence-electron chi connectivity index (χ1n) is 23.6. The number of aliphatic hydroxyl groups excluding tert-OH is 1. The van der Waals surface area contributed by atoms with Crippen LogP contribution in [0, 0.1) is 11.8 Å². The average Bonchev–Trinajstić information content (AvgIpc) is 3.22. The van der Waals surface area contributed by atoms with Crippen LogP contribution in [0.15, 0.2) is 24.3 Å². The van der Waals surface area contributed by atoms with Crippen LogP contribution in [0.1, 0.15) is 107 Å². The summed E-state index contributed by atoms with van der Waals surface area (Å²) in [5.41, 5.74) is -1.50. The van der Waals surface area contributed by atoms with E-state index in [0.29, 0.717) is 19.3 Å². The van der Waals surface area contributed by atoms with Gasteiger partial charge in [0.1, 0.15) is 42.4 Å². The van der Waals surface area contributed by atoms with E-state index in [-0.39, 0.29) is 43.7 Å². The fourth-order valence-corrected chi connectivity index (χ4v) is 9.84. The van der Waals surface area contributed by atoms with Gasteiger partial charge in [-0.2, -0.15) is 0 Å². The normalized spacial score (nSPS) is 42.0. The van der Waals surface area contributed by atoms with Crippen molar-refractivity contribution < 1.29 is 76.8 Å². The van der Waals surface area contributed by atoms with Gasteiger partial charge >= 0.3 is 17.9 Å². The fourth-order valence-electron chi connectivity index (χ4n) is 9.84. The maximum absolute atomic E-state index is 13.6. The van der Waals surface area contributed by atoms with Crippen molar-refractivity contribution >= 4 is 24.2 Å². The molecule has 0 aromatic heterocycles. The zero-order chi connectivity index (χ0) is 49.0. The Morgan fingerprint density at radius 3 is 2.18 bits per heavy atom. The monoisotopic (exact) mass is 941 g/mol. The third-order valence-corrected chi connectivity index (χ3v) is 13.2. The molecule has 18 nitrogen and oxygen atoms in total. The molecule has 4 aliphatic heterocycles. The van der Waals surface area contributed by atoms with Gasteiger partial charge in [0.15, 0.2) is 25.0 Å². The van der Waals surface area contributed by atoms with Crippen LogP contribution in [-0.4, -0.2) is 183 Å². The second-order valence-corrected chi connectivity index (χ2v) is 19.2. The van der Waals surface area contributed by atoms with Gasteiger partial charge in [-0.3, -0.25) is 14.4 Å². The number of allylic oxidation sites excluding steroid dienone is 2. The number of aliphatic hydroxyl groups is 2. The number of likely N-dealkylation sites (N-methyl/N-ethyl adjacent to an activating group) is 2. The highest BCUT2D eigenvalue weighted by molar-refractivity contribution is 5.72. The van der Waals surface area contributed by atoms with Gasteiger partial charge in [-0.05, 0) is 93.9 Å². The maximum Gasteiger partial charge on any atom is 0.309 e. The van der Waals surface area contributed by atoms with E-state index in [0.717, 1.165) is 12.7 Å². The minimum Gasteiger partial charge on any atom is -0.462 e. The summed E-state index contributed by atoms with van der Waals surface area (Å²) in [7, 11) is 9.01. The number of esters is 3. The lowest BCUT2D eigenvalue weighted by atomic mass is 9.82. The third-order valence-electron chi connectivity index (χ3n) is 13.2. The van der Waals surface area contributed by atoms with Gasteiger partial charge in [0.05, 0.1) is 43.0 Å². The van der Waals surface area contributed by atoms with Crippen LogP contribution in [-0.2, 0) is 66.5 Å². The number of carbonyl (C=O) groups excluding carboxylic acids is 4. The molecule has 0 aromatic rings. The first-order chi connectivity index (χ1) is 31.1. The highest BCUT2D eigenvalue weighted by Gasteiger charge is 2.53. The van der Waals surface area contributed by atoms with Crippen LogP contribution < -0.4 is 0 Å². The van der Waals surface area contributed by atoms with Crippen molar-refractivity contribution in [3.63, 3.8) is 0 Å². The van der Waals surface area contributed by atoms with Crippen LogP contribution >= 0.6 is 0 Å². The molecule has 4 heterocycles. The lowest BCUT2D eigenvalue weighted by Gasteiger charge is -2.50. The second-order valence-electron chi connectivity index (χ2n) is 19.2. The van der Waals surface area contributed by atoms with Crippen molar-refractivity contribution in [2.24, 2.45) is 11.8 Å². The van der Waals surface area contributed by atoms with E-state index in [9.17, 15) is 29.4 Å². The number of aldehydes is 1. The van der Waals surface area contributed by atoms with Gasteiger partial charge in [-0.25, -0.2) is 0 Å². The summed E-state index contributed by atoms with van der Waals surface area (Å²) in [5, 5.41) is 23.6. The number of ether oxygens (including phenoxy) is 10. The molecule has 4 rings (SSSR count). The predicted molar refractivity (Wildman–Crippen MR) is 241 cm³/mol. The van der Waals surface area contributed by atoms with Crippen LogP contribution in [0.4, 0.5) is 0 Å². The van der Waals surface area contributed by atoms with E-state index in [1.165, 1.54) is 14.0 Å². The molecular weight excluding hydrogens is 861 g/mol. The molecule has 0 aromatic carbocycles. The Bertz CT molecular complexity index is 1610. The fraction of sp³-hybridized carbons (Fsp3) is 0.833. The van der Waals surface area contributed by atoms with E-state index in [1.807, 2.05) is 52.2 Å². The second kappa shape index (κ2) is 25.6. The summed E-state index contributed by atoms with van der Waals surface area (Å²) < 4.78 is 62.4. The zero-order valence-corrected chi connectivity index (χ0v) is 41.4. The summed E-state index contributed by atoms with van der Waals surface area (Å²) in [6.45, 7) is 13.7. The molecule has 0 radical (unpaired) electrons. The summed E-state index contributed by atoms with van der Waals surface area (Å²) in [4.78, 5) is 55.1. The number of nitrogens with zero attached hydrogens (tertiary/aromatic N) is 2. The van der Waals surface area contributed by atoms with E-state index in [1.54, 1.807) is 53.6 Å². The third kappa shape index (κ3) is 15.3. The van der Waals surface area contributed by atoms with Gasteiger partial charge in [0.2, 0.25) is 0 Å². The molecule has 2 N–H and O–H groups in total. The Morgan fingerprint density at radius 2 is 1.59 bits per heavy atom. The molecule has 18 heteroatoms. The molecule has 4 aliphatic rings. The summed E-state index contributed by atoms with van der Waals surface area (Å²) in [6, 6.07) is -0.545. The Morgan fingerprint density at radius 1 is 0.894 bits per heavy atom. The highest BCUT2D eigenvalue weighted by Crippen LogP contribution is 2.38. The number of hydrogen-bond donors (Lipinski definition) is 2. The maximum atomic E-state index is 13.6. The molecular formula is C48H80N2O16. The summed E-state index contributed by atoms with van der Waals surface area (Å²) in [6.07, 6.45) is -1.89. The van der Waals surface area contributed by atoms with E-state index >= 15 is 0 Å². The number of cyclic esters (lactones) is 1. The Labute approximate surface area is 391 Å². The summed E-state index contributed by atoms with van der Waals surface area (Å²) in [5.74, 6) is -2.72. The molecule has 0 saturated carbocycles. The van der Waals surface area contributed by atoms with E-state index in [4.69, 9.17) is 47.4 Å². The molecule has 19 atom stereocenters. The molecule has 3 saturated heterocycles. The van der Waals surface area contributed by atoms with Crippen molar-refractivity contribution in [2.45, 2.75) is 210 Å². The number of methoxy groups -OCH3 is 1. The Balaban J connectivity index is 1.73.